The van der Waals surface area contributed by atoms with Crippen LogP contribution >= 0.6 is 11.6 Å². The first-order valence-electron chi connectivity index (χ1n) is 5.86. The minimum atomic E-state index is -0.405. The third-order valence-electron chi connectivity index (χ3n) is 3.21. The van der Waals surface area contributed by atoms with Crippen molar-refractivity contribution < 1.29 is 9.66 Å². The molecule has 0 amide bonds. The molecule has 1 aromatic carbocycles. The summed E-state index contributed by atoms with van der Waals surface area (Å²) < 4.78 is 5.43. The number of ether oxygens (including phenoxy) is 1. The summed E-state index contributed by atoms with van der Waals surface area (Å²) >= 11 is 6.02. The highest BCUT2D eigenvalue weighted by Crippen LogP contribution is 2.26. The van der Waals surface area contributed by atoms with E-state index in [2.05, 4.69) is 5.32 Å². The van der Waals surface area contributed by atoms with Crippen molar-refractivity contribution in [3.05, 3.63) is 38.9 Å². The molecule has 2 rings (SSSR count). The molecule has 1 aromatic rings. The monoisotopic (exact) mass is 270 g/mol. The standard InChI is InChI=1S/C12H15ClN2O3/c1-8-11(5-6-18-8)14-7-9-10(13)3-2-4-12(9)15(16)17/h2-4,8,11,14H,5-7H2,1H3. The third-order valence-corrected chi connectivity index (χ3v) is 3.56. The van der Waals surface area contributed by atoms with Crippen molar-refractivity contribution in [3.63, 3.8) is 0 Å². The van der Waals surface area contributed by atoms with Crippen LogP contribution in [0.25, 0.3) is 0 Å². The highest BCUT2D eigenvalue weighted by molar-refractivity contribution is 6.31. The molecule has 1 heterocycles. The predicted molar refractivity (Wildman–Crippen MR) is 68.8 cm³/mol. The van der Waals surface area contributed by atoms with Gasteiger partial charge < -0.3 is 10.1 Å². The van der Waals surface area contributed by atoms with Crippen molar-refractivity contribution in [2.75, 3.05) is 6.61 Å². The lowest BCUT2D eigenvalue weighted by Crippen LogP contribution is -2.34. The van der Waals surface area contributed by atoms with Crippen LogP contribution in [-0.2, 0) is 11.3 Å². The Balaban J connectivity index is 2.11. The highest BCUT2D eigenvalue weighted by atomic mass is 35.5. The Morgan fingerprint density at radius 3 is 3.00 bits per heavy atom. The van der Waals surface area contributed by atoms with E-state index in [1.54, 1.807) is 12.1 Å². The second-order valence-corrected chi connectivity index (χ2v) is 4.75. The summed E-state index contributed by atoms with van der Waals surface area (Å²) in [6.07, 6.45) is 1.05. The Bertz CT molecular complexity index is 453. The number of nitrogens with zero attached hydrogens (tertiary/aromatic N) is 1. The van der Waals surface area contributed by atoms with Gasteiger partial charge in [-0.15, -0.1) is 0 Å². The number of halogens is 1. The van der Waals surface area contributed by atoms with E-state index >= 15 is 0 Å². The molecule has 1 aliphatic heterocycles. The molecule has 0 bridgehead atoms. The zero-order valence-electron chi connectivity index (χ0n) is 10.1. The number of nitrogens with one attached hydrogen (secondary N) is 1. The summed E-state index contributed by atoms with van der Waals surface area (Å²) in [6, 6.07) is 4.95. The van der Waals surface area contributed by atoms with E-state index in [1.165, 1.54) is 6.07 Å². The molecule has 18 heavy (non-hydrogen) atoms. The Kier molecular flexibility index (Phi) is 4.16. The van der Waals surface area contributed by atoms with E-state index in [0.717, 1.165) is 13.0 Å². The van der Waals surface area contributed by atoms with E-state index in [-0.39, 0.29) is 17.8 Å². The van der Waals surface area contributed by atoms with Gasteiger partial charge in [0.25, 0.3) is 5.69 Å². The van der Waals surface area contributed by atoms with Crippen molar-refractivity contribution in [2.24, 2.45) is 0 Å². The lowest BCUT2D eigenvalue weighted by atomic mass is 10.1. The molecule has 98 valence electrons. The van der Waals surface area contributed by atoms with E-state index in [4.69, 9.17) is 16.3 Å². The third kappa shape index (κ3) is 2.80. The van der Waals surface area contributed by atoms with Gasteiger partial charge >= 0.3 is 0 Å². The van der Waals surface area contributed by atoms with Crippen LogP contribution in [0.15, 0.2) is 18.2 Å². The summed E-state index contributed by atoms with van der Waals surface area (Å²) in [5.74, 6) is 0. The first-order chi connectivity index (χ1) is 8.59. The van der Waals surface area contributed by atoms with Gasteiger partial charge in [-0.05, 0) is 19.4 Å². The van der Waals surface area contributed by atoms with Crippen molar-refractivity contribution in [1.29, 1.82) is 0 Å². The van der Waals surface area contributed by atoms with Crippen LogP contribution < -0.4 is 5.32 Å². The fourth-order valence-corrected chi connectivity index (χ4v) is 2.36. The largest absolute Gasteiger partial charge is 0.377 e. The van der Waals surface area contributed by atoms with Gasteiger partial charge in [0.05, 0.1) is 21.6 Å². The molecule has 2 atom stereocenters. The molecule has 0 spiro atoms. The molecule has 0 aliphatic carbocycles. The Labute approximate surface area is 110 Å². The molecule has 0 aromatic heterocycles. The quantitative estimate of drug-likeness (QED) is 0.674. The predicted octanol–water partition coefficient (Wildman–Crippen LogP) is 2.52. The maximum absolute atomic E-state index is 10.9. The van der Waals surface area contributed by atoms with Crippen LogP contribution in [0.2, 0.25) is 5.02 Å². The van der Waals surface area contributed by atoms with Crippen molar-refractivity contribution >= 4 is 17.3 Å². The Hall–Kier alpha value is -1.17. The van der Waals surface area contributed by atoms with E-state index < -0.39 is 4.92 Å². The van der Waals surface area contributed by atoms with Gasteiger partial charge in [-0.1, -0.05) is 17.7 Å². The van der Waals surface area contributed by atoms with Crippen molar-refractivity contribution in [1.82, 2.24) is 5.32 Å². The topological polar surface area (TPSA) is 64.4 Å². The first-order valence-corrected chi connectivity index (χ1v) is 6.24. The average molecular weight is 271 g/mol. The van der Waals surface area contributed by atoms with Crippen LogP contribution in [0, 0.1) is 10.1 Å². The maximum Gasteiger partial charge on any atom is 0.275 e. The molecule has 1 N–H and O–H groups in total. The van der Waals surface area contributed by atoms with Gasteiger partial charge in [0.2, 0.25) is 0 Å². The van der Waals surface area contributed by atoms with Crippen molar-refractivity contribution in [3.8, 4) is 0 Å². The molecule has 1 saturated heterocycles. The molecule has 0 radical (unpaired) electrons. The highest BCUT2D eigenvalue weighted by Gasteiger charge is 2.25. The molecule has 5 nitrogen and oxygen atoms in total. The van der Waals surface area contributed by atoms with Crippen LogP contribution in [0.4, 0.5) is 5.69 Å². The molecule has 0 saturated carbocycles. The minimum Gasteiger partial charge on any atom is -0.377 e. The number of rotatable bonds is 4. The number of hydrogen-bond donors (Lipinski definition) is 1. The molecule has 1 fully saturated rings. The smallest absolute Gasteiger partial charge is 0.275 e. The Morgan fingerprint density at radius 2 is 2.39 bits per heavy atom. The van der Waals surface area contributed by atoms with Crippen molar-refractivity contribution in [2.45, 2.75) is 32.0 Å². The normalized spacial score (nSPS) is 23.2. The molecular formula is C12H15ClN2O3. The van der Waals surface area contributed by atoms with Gasteiger partial charge in [0, 0.05) is 25.3 Å². The molecular weight excluding hydrogens is 256 g/mol. The average Bonchev–Trinajstić information content (AvgIpc) is 2.73. The van der Waals surface area contributed by atoms with Gasteiger partial charge in [0.1, 0.15) is 0 Å². The fourth-order valence-electron chi connectivity index (χ4n) is 2.13. The summed E-state index contributed by atoms with van der Waals surface area (Å²) in [5, 5.41) is 14.6. The number of hydrogen-bond acceptors (Lipinski definition) is 4. The van der Waals surface area contributed by atoms with Crippen LogP contribution in [0.3, 0.4) is 0 Å². The minimum absolute atomic E-state index is 0.0570. The second-order valence-electron chi connectivity index (χ2n) is 4.35. The first kappa shape index (κ1) is 13.3. The molecule has 6 heteroatoms. The zero-order chi connectivity index (χ0) is 13.1. The van der Waals surface area contributed by atoms with E-state index in [9.17, 15) is 10.1 Å². The van der Waals surface area contributed by atoms with Crippen LogP contribution in [-0.4, -0.2) is 23.7 Å². The van der Waals surface area contributed by atoms with Crippen LogP contribution in [0.1, 0.15) is 18.9 Å². The number of nitro groups is 1. The maximum atomic E-state index is 10.9. The number of benzene rings is 1. The molecule has 1 aliphatic rings. The zero-order valence-corrected chi connectivity index (χ0v) is 10.8. The Morgan fingerprint density at radius 1 is 1.61 bits per heavy atom. The van der Waals surface area contributed by atoms with E-state index in [1.807, 2.05) is 6.92 Å². The van der Waals surface area contributed by atoms with Crippen LogP contribution in [0.5, 0.6) is 0 Å². The van der Waals surface area contributed by atoms with Gasteiger partial charge in [-0.3, -0.25) is 10.1 Å². The molecule has 2 unspecified atom stereocenters. The summed E-state index contributed by atoms with van der Waals surface area (Å²) in [4.78, 5) is 10.5. The lowest BCUT2D eigenvalue weighted by molar-refractivity contribution is -0.385. The van der Waals surface area contributed by atoms with Gasteiger partial charge in [-0.2, -0.15) is 0 Å². The fraction of sp³-hybridized carbons (Fsp3) is 0.500. The van der Waals surface area contributed by atoms with Gasteiger partial charge in [-0.25, -0.2) is 0 Å². The van der Waals surface area contributed by atoms with Gasteiger partial charge in [0.15, 0.2) is 0 Å². The summed E-state index contributed by atoms with van der Waals surface area (Å²) in [7, 11) is 0. The SMILES string of the molecule is CC1OCCC1NCc1c(Cl)cccc1[N+](=O)[O-]. The van der Waals surface area contributed by atoms with E-state index in [0.29, 0.717) is 17.1 Å². The summed E-state index contributed by atoms with van der Waals surface area (Å²) in [5.41, 5.74) is 0.588. The summed E-state index contributed by atoms with van der Waals surface area (Å²) in [6.45, 7) is 3.10. The second kappa shape index (κ2) is 5.65. The number of nitro benzene ring substituents is 1. The lowest BCUT2D eigenvalue weighted by Gasteiger charge is -2.16.